The average Bonchev–Trinajstić information content (AvgIpc) is 2.73. The van der Waals surface area contributed by atoms with Gasteiger partial charge in [-0.3, -0.25) is 0 Å². The summed E-state index contributed by atoms with van der Waals surface area (Å²) in [6.07, 6.45) is 0. The monoisotopic (exact) mass is 371 g/mol. The summed E-state index contributed by atoms with van der Waals surface area (Å²) in [6, 6.07) is 13.1. The molecule has 2 amide bonds. The summed E-state index contributed by atoms with van der Waals surface area (Å²) in [4.78, 5) is 16.7. The Morgan fingerprint density at radius 3 is 2.11 bits per heavy atom. The number of piperazine rings is 1. The lowest BCUT2D eigenvalue weighted by atomic mass is 10.2. The van der Waals surface area contributed by atoms with Gasteiger partial charge in [0.2, 0.25) is 0 Å². The van der Waals surface area contributed by atoms with Gasteiger partial charge in [-0.15, -0.1) is 0 Å². The predicted octanol–water partition coefficient (Wildman–Crippen LogP) is 3.07. The van der Waals surface area contributed by atoms with Gasteiger partial charge in [0.25, 0.3) is 0 Å². The molecule has 2 aromatic rings. The molecule has 0 saturated carbocycles. The van der Waals surface area contributed by atoms with Gasteiger partial charge in [-0.2, -0.15) is 0 Å². The largest absolute Gasteiger partial charge is 0.497 e. The van der Waals surface area contributed by atoms with E-state index in [2.05, 4.69) is 10.2 Å². The van der Waals surface area contributed by atoms with Gasteiger partial charge >= 0.3 is 6.03 Å². The zero-order chi connectivity index (χ0) is 19.2. The van der Waals surface area contributed by atoms with Crippen LogP contribution in [0.4, 0.5) is 16.2 Å². The molecule has 1 fully saturated rings. The Kier molecular flexibility index (Phi) is 5.90. The third kappa shape index (κ3) is 4.36. The highest BCUT2D eigenvalue weighted by Gasteiger charge is 2.23. The van der Waals surface area contributed by atoms with Crippen molar-refractivity contribution in [3.63, 3.8) is 0 Å². The molecule has 7 nitrogen and oxygen atoms in total. The lowest BCUT2D eigenvalue weighted by Crippen LogP contribution is -2.50. The Balaban J connectivity index is 1.62. The highest BCUT2D eigenvalue weighted by Crippen LogP contribution is 2.29. The summed E-state index contributed by atoms with van der Waals surface area (Å²) in [5, 5.41) is 2.92. The molecular formula is C20H25N3O4. The van der Waals surface area contributed by atoms with Gasteiger partial charge in [-0.1, -0.05) is 12.1 Å². The van der Waals surface area contributed by atoms with Gasteiger partial charge in [0, 0.05) is 50.1 Å². The predicted molar refractivity (Wildman–Crippen MR) is 105 cm³/mol. The van der Waals surface area contributed by atoms with Crippen LogP contribution in [0, 0.1) is 0 Å². The number of benzene rings is 2. The van der Waals surface area contributed by atoms with E-state index in [0.717, 1.165) is 24.5 Å². The molecule has 1 aliphatic rings. The Labute approximate surface area is 159 Å². The van der Waals surface area contributed by atoms with E-state index in [9.17, 15) is 4.79 Å². The molecule has 0 atom stereocenters. The number of ether oxygens (including phenoxy) is 3. The fraction of sp³-hybridized carbons (Fsp3) is 0.350. The van der Waals surface area contributed by atoms with Crippen LogP contribution in [0.3, 0.4) is 0 Å². The minimum atomic E-state index is -0.134. The molecule has 0 aromatic heterocycles. The van der Waals surface area contributed by atoms with Crippen molar-refractivity contribution in [3.8, 4) is 17.2 Å². The van der Waals surface area contributed by atoms with Gasteiger partial charge in [-0.05, 0) is 12.1 Å². The summed E-state index contributed by atoms with van der Waals surface area (Å²) in [6.45, 7) is 2.75. The smallest absolute Gasteiger partial charge is 0.321 e. The first kappa shape index (κ1) is 18.7. The van der Waals surface area contributed by atoms with Crippen LogP contribution in [0.1, 0.15) is 0 Å². The lowest BCUT2D eigenvalue weighted by Gasteiger charge is -2.36. The summed E-state index contributed by atoms with van der Waals surface area (Å²) in [5.41, 5.74) is 1.70. The van der Waals surface area contributed by atoms with Crippen molar-refractivity contribution < 1.29 is 19.0 Å². The van der Waals surface area contributed by atoms with Crippen LogP contribution in [0.15, 0.2) is 42.5 Å². The molecule has 2 aromatic carbocycles. The SMILES string of the molecule is COc1cc(NC(=O)N2CCN(c3ccccc3OC)CC2)cc(OC)c1. The first-order valence-electron chi connectivity index (χ1n) is 8.81. The van der Waals surface area contributed by atoms with Crippen molar-refractivity contribution in [2.75, 3.05) is 57.7 Å². The molecule has 1 N–H and O–H groups in total. The highest BCUT2D eigenvalue weighted by molar-refractivity contribution is 5.90. The van der Waals surface area contributed by atoms with Crippen molar-refractivity contribution in [2.45, 2.75) is 0 Å². The van der Waals surface area contributed by atoms with Crippen LogP contribution in [-0.2, 0) is 0 Å². The van der Waals surface area contributed by atoms with Crippen molar-refractivity contribution in [3.05, 3.63) is 42.5 Å². The molecular weight excluding hydrogens is 346 g/mol. The third-order valence-corrected chi connectivity index (χ3v) is 4.60. The molecule has 27 heavy (non-hydrogen) atoms. The second-order valence-corrected chi connectivity index (χ2v) is 6.18. The molecule has 1 saturated heterocycles. The van der Waals surface area contributed by atoms with Crippen molar-refractivity contribution in [1.82, 2.24) is 4.90 Å². The van der Waals surface area contributed by atoms with Crippen molar-refractivity contribution in [1.29, 1.82) is 0 Å². The van der Waals surface area contributed by atoms with Crippen molar-refractivity contribution >= 4 is 17.4 Å². The molecule has 1 heterocycles. The molecule has 7 heteroatoms. The van der Waals surface area contributed by atoms with E-state index < -0.39 is 0 Å². The van der Waals surface area contributed by atoms with Crippen LogP contribution >= 0.6 is 0 Å². The molecule has 1 aliphatic heterocycles. The molecule has 144 valence electrons. The minimum Gasteiger partial charge on any atom is -0.497 e. The number of carbonyl (C=O) groups excluding carboxylic acids is 1. The lowest BCUT2D eigenvalue weighted by molar-refractivity contribution is 0.208. The second kappa shape index (κ2) is 8.53. The standard InChI is InChI=1S/C20H25N3O4/c1-25-16-12-15(13-17(14-16)26-2)21-20(24)23-10-8-22(9-11-23)18-6-4-5-7-19(18)27-3/h4-7,12-14H,8-11H2,1-3H3,(H,21,24). The quantitative estimate of drug-likeness (QED) is 0.875. The maximum atomic E-state index is 12.6. The van der Waals surface area contributed by atoms with Crippen molar-refractivity contribution in [2.24, 2.45) is 0 Å². The van der Waals surface area contributed by atoms with Crippen LogP contribution < -0.4 is 24.4 Å². The first-order valence-corrected chi connectivity index (χ1v) is 8.81. The Hall–Kier alpha value is -3.09. The highest BCUT2D eigenvalue weighted by atomic mass is 16.5. The van der Waals surface area contributed by atoms with Gasteiger partial charge in [-0.25, -0.2) is 4.79 Å². The zero-order valence-corrected chi connectivity index (χ0v) is 15.9. The van der Waals surface area contributed by atoms with E-state index in [4.69, 9.17) is 14.2 Å². The number of hydrogen-bond donors (Lipinski definition) is 1. The zero-order valence-electron chi connectivity index (χ0n) is 15.9. The number of hydrogen-bond acceptors (Lipinski definition) is 5. The number of urea groups is 1. The number of para-hydroxylation sites is 2. The van der Waals surface area contributed by atoms with Gasteiger partial charge in [0.1, 0.15) is 17.2 Å². The molecule has 0 spiro atoms. The van der Waals surface area contributed by atoms with Crippen LogP contribution in [0.25, 0.3) is 0 Å². The fourth-order valence-electron chi connectivity index (χ4n) is 3.12. The number of amides is 2. The Morgan fingerprint density at radius 1 is 0.889 bits per heavy atom. The number of carbonyl (C=O) groups is 1. The van der Waals surface area contributed by atoms with E-state index in [0.29, 0.717) is 30.3 Å². The minimum absolute atomic E-state index is 0.134. The number of anilines is 2. The molecule has 0 unspecified atom stereocenters. The van der Waals surface area contributed by atoms with E-state index in [1.54, 1.807) is 44.4 Å². The van der Waals surface area contributed by atoms with Gasteiger partial charge in [0.15, 0.2) is 0 Å². The molecule has 0 radical (unpaired) electrons. The topological polar surface area (TPSA) is 63.3 Å². The first-order chi connectivity index (χ1) is 13.1. The van der Waals surface area contributed by atoms with E-state index in [-0.39, 0.29) is 6.03 Å². The fourth-order valence-corrected chi connectivity index (χ4v) is 3.12. The summed E-state index contributed by atoms with van der Waals surface area (Å²) >= 11 is 0. The number of nitrogens with zero attached hydrogens (tertiary/aromatic N) is 2. The summed E-state index contributed by atoms with van der Waals surface area (Å²) in [5.74, 6) is 2.11. The maximum absolute atomic E-state index is 12.6. The second-order valence-electron chi connectivity index (χ2n) is 6.18. The number of methoxy groups -OCH3 is 3. The normalized spacial score (nSPS) is 13.9. The maximum Gasteiger partial charge on any atom is 0.321 e. The molecule has 0 bridgehead atoms. The van der Waals surface area contributed by atoms with Crippen LogP contribution in [0.5, 0.6) is 17.2 Å². The summed E-state index contributed by atoms with van der Waals surface area (Å²) < 4.78 is 15.9. The van der Waals surface area contributed by atoms with Gasteiger partial charge < -0.3 is 29.3 Å². The van der Waals surface area contributed by atoms with Crippen LogP contribution in [-0.4, -0.2) is 58.4 Å². The average molecular weight is 371 g/mol. The van der Waals surface area contributed by atoms with Crippen LogP contribution in [0.2, 0.25) is 0 Å². The summed E-state index contributed by atoms with van der Waals surface area (Å²) in [7, 11) is 4.83. The van der Waals surface area contributed by atoms with E-state index in [1.807, 2.05) is 24.3 Å². The molecule has 3 rings (SSSR count). The Bertz CT molecular complexity index is 766. The number of nitrogens with one attached hydrogen (secondary N) is 1. The Morgan fingerprint density at radius 2 is 1.52 bits per heavy atom. The van der Waals surface area contributed by atoms with E-state index in [1.165, 1.54) is 0 Å². The van der Waals surface area contributed by atoms with Gasteiger partial charge in [0.05, 0.1) is 27.0 Å². The number of rotatable bonds is 5. The van der Waals surface area contributed by atoms with E-state index >= 15 is 0 Å². The third-order valence-electron chi connectivity index (χ3n) is 4.60. The molecule has 0 aliphatic carbocycles.